The monoisotopic (exact) mass is 511 g/mol. The van der Waals surface area contributed by atoms with Crippen molar-refractivity contribution >= 4 is 46.3 Å². The number of aromatic nitrogens is 2. The van der Waals surface area contributed by atoms with Crippen molar-refractivity contribution in [1.29, 1.82) is 0 Å². The Labute approximate surface area is 212 Å². The van der Waals surface area contributed by atoms with Gasteiger partial charge in [0.2, 0.25) is 15.9 Å². The fraction of sp³-hybridized carbons (Fsp3) is 0.320. The van der Waals surface area contributed by atoms with E-state index in [0.29, 0.717) is 36.8 Å². The maximum Gasteiger partial charge on any atom is 0.286 e. The molecule has 10 heteroatoms. The van der Waals surface area contributed by atoms with Gasteiger partial charge in [-0.2, -0.15) is 0 Å². The molecule has 1 fully saturated rings. The molecular formula is C25H26ClN5O3S. The molecule has 3 amide bonds. The third-order valence-corrected chi connectivity index (χ3v) is 7.02. The molecule has 0 atom stereocenters. The van der Waals surface area contributed by atoms with Gasteiger partial charge in [0.15, 0.2) is 0 Å². The van der Waals surface area contributed by atoms with Crippen LogP contribution in [0.15, 0.2) is 48.5 Å². The van der Waals surface area contributed by atoms with Gasteiger partial charge in [-0.05, 0) is 49.4 Å². The molecule has 1 aromatic heterocycles. The first-order chi connectivity index (χ1) is 16.9. The highest BCUT2D eigenvalue weighted by atomic mass is 35.5. The molecule has 0 unspecified atom stereocenters. The third kappa shape index (κ3) is 6.86. The van der Waals surface area contributed by atoms with Crippen molar-refractivity contribution in [2.75, 3.05) is 18.4 Å². The molecule has 3 aromatic rings. The molecule has 2 N–H and O–H groups in total. The normalized spacial score (nSPS) is 13.9. The molecule has 1 aliphatic heterocycles. The van der Waals surface area contributed by atoms with Gasteiger partial charge in [-0.3, -0.25) is 14.4 Å². The molecule has 2 heterocycles. The molecule has 2 aromatic carbocycles. The van der Waals surface area contributed by atoms with Crippen LogP contribution in [-0.4, -0.2) is 45.9 Å². The molecule has 182 valence electrons. The highest BCUT2D eigenvalue weighted by Gasteiger charge is 2.28. The minimum absolute atomic E-state index is 0.0230. The molecule has 0 spiro atoms. The van der Waals surface area contributed by atoms with E-state index in [0.717, 1.165) is 29.7 Å². The number of anilines is 1. The summed E-state index contributed by atoms with van der Waals surface area (Å²) in [6, 6.07) is 14.9. The number of piperidine rings is 1. The van der Waals surface area contributed by atoms with Crippen molar-refractivity contribution in [3.63, 3.8) is 0 Å². The number of aryl methyl sites for hydroxylation is 1. The lowest BCUT2D eigenvalue weighted by Crippen LogP contribution is -2.39. The van der Waals surface area contributed by atoms with Gasteiger partial charge >= 0.3 is 0 Å². The molecule has 1 aliphatic rings. The van der Waals surface area contributed by atoms with Crippen molar-refractivity contribution in [3.05, 3.63) is 74.7 Å². The number of amides is 3. The fourth-order valence-corrected chi connectivity index (χ4v) is 4.77. The largest absolute Gasteiger partial charge is 0.352 e. The summed E-state index contributed by atoms with van der Waals surface area (Å²) in [5.41, 5.74) is 2.80. The lowest BCUT2D eigenvalue weighted by Gasteiger charge is -2.31. The highest BCUT2D eigenvalue weighted by molar-refractivity contribution is 7.15. The summed E-state index contributed by atoms with van der Waals surface area (Å²) < 4.78 is 0. The maximum atomic E-state index is 12.9. The van der Waals surface area contributed by atoms with E-state index in [-0.39, 0.29) is 27.7 Å². The van der Waals surface area contributed by atoms with Crippen LogP contribution in [0.2, 0.25) is 5.02 Å². The molecule has 0 aliphatic carbocycles. The zero-order valence-electron chi connectivity index (χ0n) is 19.3. The maximum absolute atomic E-state index is 12.9. The average Bonchev–Trinajstić information content (AvgIpc) is 3.34. The minimum atomic E-state index is -0.445. The van der Waals surface area contributed by atoms with Crippen LogP contribution in [0.1, 0.15) is 50.0 Å². The van der Waals surface area contributed by atoms with E-state index in [1.54, 1.807) is 29.2 Å². The molecule has 1 saturated heterocycles. The smallest absolute Gasteiger partial charge is 0.286 e. The molecule has 0 radical (unpaired) electrons. The number of hydrogen-bond acceptors (Lipinski definition) is 6. The lowest BCUT2D eigenvalue weighted by molar-refractivity contribution is -0.122. The fourth-order valence-electron chi connectivity index (χ4n) is 3.87. The first kappa shape index (κ1) is 24.8. The van der Waals surface area contributed by atoms with Gasteiger partial charge in [-0.25, -0.2) is 0 Å². The SMILES string of the molecule is Cc1ccc(CNC(=O)CC2CCN(C(=O)c3nnc(C(=O)Nc4cccc(Cl)c4)s3)CC2)cc1. The molecule has 8 nitrogen and oxygen atoms in total. The van der Waals surface area contributed by atoms with Gasteiger partial charge < -0.3 is 15.5 Å². The van der Waals surface area contributed by atoms with E-state index >= 15 is 0 Å². The molecule has 4 rings (SSSR count). The van der Waals surface area contributed by atoms with Crippen molar-refractivity contribution in [1.82, 2.24) is 20.4 Å². The summed E-state index contributed by atoms with van der Waals surface area (Å²) in [5, 5.41) is 14.3. The second kappa shape index (κ2) is 11.4. The summed E-state index contributed by atoms with van der Waals surface area (Å²) in [6.07, 6.45) is 1.93. The zero-order chi connectivity index (χ0) is 24.8. The van der Waals surface area contributed by atoms with Gasteiger partial charge in [0.05, 0.1) is 0 Å². The van der Waals surface area contributed by atoms with Gasteiger partial charge in [-0.15, -0.1) is 10.2 Å². The molecule has 35 heavy (non-hydrogen) atoms. The minimum Gasteiger partial charge on any atom is -0.352 e. The van der Waals surface area contributed by atoms with E-state index in [4.69, 9.17) is 11.6 Å². The van der Waals surface area contributed by atoms with Crippen LogP contribution >= 0.6 is 22.9 Å². The number of halogens is 1. The Balaban J connectivity index is 1.23. The van der Waals surface area contributed by atoms with E-state index in [9.17, 15) is 14.4 Å². The Hall–Kier alpha value is -3.30. The first-order valence-corrected chi connectivity index (χ1v) is 12.6. The number of hydrogen-bond donors (Lipinski definition) is 2. The Morgan fingerprint density at radius 2 is 1.77 bits per heavy atom. The van der Waals surface area contributed by atoms with E-state index in [2.05, 4.69) is 20.8 Å². The Bertz CT molecular complexity index is 1210. The van der Waals surface area contributed by atoms with Crippen molar-refractivity contribution in [2.45, 2.75) is 32.7 Å². The van der Waals surface area contributed by atoms with Crippen LogP contribution in [-0.2, 0) is 11.3 Å². The summed E-state index contributed by atoms with van der Waals surface area (Å²) in [4.78, 5) is 39.3. The van der Waals surface area contributed by atoms with Crippen LogP contribution in [0, 0.1) is 12.8 Å². The predicted molar refractivity (Wildman–Crippen MR) is 136 cm³/mol. The van der Waals surface area contributed by atoms with Crippen molar-refractivity contribution in [2.24, 2.45) is 5.92 Å². The average molecular weight is 512 g/mol. The quantitative estimate of drug-likeness (QED) is 0.492. The van der Waals surface area contributed by atoms with E-state index in [1.165, 1.54) is 5.56 Å². The summed E-state index contributed by atoms with van der Waals surface area (Å²) in [5.74, 6) is -0.439. The van der Waals surface area contributed by atoms with Crippen molar-refractivity contribution in [3.8, 4) is 0 Å². The second-order valence-electron chi connectivity index (χ2n) is 8.58. The van der Waals surface area contributed by atoms with Crippen LogP contribution in [0.5, 0.6) is 0 Å². The molecule has 0 saturated carbocycles. The van der Waals surface area contributed by atoms with Crippen LogP contribution in [0.25, 0.3) is 0 Å². The number of carbonyl (C=O) groups excluding carboxylic acids is 3. The topological polar surface area (TPSA) is 104 Å². The summed E-state index contributed by atoms with van der Waals surface area (Å²) in [6.45, 7) is 3.63. The lowest BCUT2D eigenvalue weighted by atomic mass is 9.93. The van der Waals surface area contributed by atoms with Gasteiger partial charge in [0.1, 0.15) is 0 Å². The zero-order valence-corrected chi connectivity index (χ0v) is 20.9. The summed E-state index contributed by atoms with van der Waals surface area (Å²) >= 11 is 6.90. The van der Waals surface area contributed by atoms with Crippen molar-refractivity contribution < 1.29 is 14.4 Å². The van der Waals surface area contributed by atoms with E-state index in [1.807, 2.05) is 31.2 Å². The second-order valence-corrected chi connectivity index (χ2v) is 9.99. The summed E-state index contributed by atoms with van der Waals surface area (Å²) in [7, 11) is 0. The van der Waals surface area contributed by atoms with Gasteiger partial charge in [0.25, 0.3) is 11.8 Å². The highest BCUT2D eigenvalue weighted by Crippen LogP contribution is 2.23. The number of benzene rings is 2. The number of nitrogens with zero attached hydrogens (tertiary/aromatic N) is 3. The number of nitrogens with one attached hydrogen (secondary N) is 2. The number of likely N-dealkylation sites (tertiary alicyclic amines) is 1. The van der Waals surface area contributed by atoms with Crippen LogP contribution in [0.3, 0.4) is 0 Å². The van der Waals surface area contributed by atoms with Gasteiger partial charge in [0, 0.05) is 36.8 Å². The predicted octanol–water partition coefficient (Wildman–Crippen LogP) is 4.31. The Kier molecular flexibility index (Phi) is 8.09. The molecular weight excluding hydrogens is 486 g/mol. The van der Waals surface area contributed by atoms with Crippen LogP contribution < -0.4 is 10.6 Å². The van der Waals surface area contributed by atoms with Crippen LogP contribution in [0.4, 0.5) is 5.69 Å². The first-order valence-electron chi connectivity index (χ1n) is 11.4. The van der Waals surface area contributed by atoms with Gasteiger partial charge in [-0.1, -0.05) is 58.8 Å². The Morgan fingerprint density at radius 3 is 2.49 bits per heavy atom. The third-order valence-electron chi connectivity index (χ3n) is 5.87. The standard InChI is InChI=1S/C25H26ClN5O3S/c1-16-5-7-18(8-6-16)15-27-21(32)13-17-9-11-31(12-10-17)25(34)24-30-29-23(35-24)22(33)28-20-4-2-3-19(26)14-20/h2-8,14,17H,9-13,15H2,1H3,(H,27,32)(H,28,33). The number of carbonyl (C=O) groups is 3. The Morgan fingerprint density at radius 1 is 1.06 bits per heavy atom. The number of rotatable bonds is 7. The van der Waals surface area contributed by atoms with E-state index < -0.39 is 5.91 Å². The molecule has 0 bridgehead atoms.